The Kier molecular flexibility index (Phi) is 6.30. The van der Waals surface area contributed by atoms with Crippen LogP contribution in [0.25, 0.3) is 0 Å². The third-order valence-corrected chi connectivity index (χ3v) is 4.00. The van der Waals surface area contributed by atoms with Gasteiger partial charge in [-0.3, -0.25) is 14.9 Å². The van der Waals surface area contributed by atoms with Crippen LogP contribution >= 0.6 is 0 Å². The van der Waals surface area contributed by atoms with E-state index in [0.29, 0.717) is 22.5 Å². The minimum Gasteiger partial charge on any atom is -0.432 e. The van der Waals surface area contributed by atoms with Crippen LogP contribution in [0.5, 0.6) is 0 Å². The number of hydrogen-bond donors (Lipinski definition) is 2. The Labute approximate surface area is 155 Å². The summed E-state index contributed by atoms with van der Waals surface area (Å²) in [7, 11) is 0. The second-order valence-corrected chi connectivity index (χ2v) is 5.92. The van der Waals surface area contributed by atoms with Crippen molar-refractivity contribution in [2.24, 2.45) is 0 Å². The number of non-ortho nitro benzene ring substituents is 1. The van der Waals surface area contributed by atoms with Crippen molar-refractivity contribution in [3.8, 4) is 0 Å². The Bertz CT molecular complexity index is 842. The highest BCUT2D eigenvalue weighted by Crippen LogP contribution is 2.40. The summed E-state index contributed by atoms with van der Waals surface area (Å²) in [5.41, 5.74) is 1.64. The Morgan fingerprint density at radius 2 is 2.00 bits per heavy atom. The zero-order chi connectivity index (χ0) is 20.1. The van der Waals surface area contributed by atoms with Crippen LogP contribution in [0, 0.1) is 10.1 Å². The van der Waals surface area contributed by atoms with Crippen molar-refractivity contribution in [3.63, 3.8) is 0 Å². The van der Waals surface area contributed by atoms with Gasteiger partial charge in [-0.25, -0.2) is 4.79 Å². The highest BCUT2D eigenvalue weighted by molar-refractivity contribution is 5.96. The van der Waals surface area contributed by atoms with Crippen LogP contribution in [-0.4, -0.2) is 35.2 Å². The van der Waals surface area contributed by atoms with Gasteiger partial charge in [0.1, 0.15) is 12.4 Å². The molecule has 9 heteroatoms. The van der Waals surface area contributed by atoms with Crippen LogP contribution in [-0.2, 0) is 14.3 Å². The number of benzene rings is 1. The molecule has 0 aliphatic carbocycles. The normalized spacial score (nSPS) is 16.7. The lowest BCUT2D eigenvalue weighted by molar-refractivity contribution is -0.384. The van der Waals surface area contributed by atoms with Crippen molar-refractivity contribution in [1.82, 2.24) is 5.32 Å². The molecule has 27 heavy (non-hydrogen) atoms. The molecule has 1 unspecified atom stereocenters. The molecule has 0 aromatic heterocycles. The summed E-state index contributed by atoms with van der Waals surface area (Å²) in [4.78, 5) is 34.8. The number of nitro benzene ring substituents is 1. The van der Waals surface area contributed by atoms with E-state index in [1.165, 1.54) is 25.1 Å². The molecule has 0 saturated carbocycles. The number of nitrogens with zero attached hydrogens (tertiary/aromatic N) is 1. The summed E-state index contributed by atoms with van der Waals surface area (Å²) in [5, 5.41) is 22.9. The van der Waals surface area contributed by atoms with Crippen molar-refractivity contribution in [3.05, 3.63) is 62.7 Å². The van der Waals surface area contributed by atoms with Crippen LogP contribution in [0.2, 0.25) is 0 Å². The second kappa shape index (κ2) is 8.45. The standard InChI is InChI=1S/C18H20N2O7/c1-10-15(12(3)22)16(13-5-4-6-14(9-13)20(24)25)17(11(2)19-10)27-18(23)26-8-7-21/h4-6,9,16,19,21H,7-8H2,1-3H3. The summed E-state index contributed by atoms with van der Waals surface area (Å²) in [6.07, 6.45) is -1.04. The molecule has 1 atom stereocenters. The molecule has 1 heterocycles. The average Bonchev–Trinajstić information content (AvgIpc) is 2.61. The van der Waals surface area contributed by atoms with Gasteiger partial charge in [0.2, 0.25) is 0 Å². The molecule has 1 aliphatic rings. The number of dihydropyridines is 1. The summed E-state index contributed by atoms with van der Waals surface area (Å²) >= 11 is 0. The fraction of sp³-hybridized carbons (Fsp3) is 0.333. The molecule has 0 bridgehead atoms. The monoisotopic (exact) mass is 376 g/mol. The van der Waals surface area contributed by atoms with E-state index in [4.69, 9.17) is 14.6 Å². The largest absolute Gasteiger partial charge is 0.513 e. The van der Waals surface area contributed by atoms with E-state index in [1.54, 1.807) is 19.9 Å². The van der Waals surface area contributed by atoms with Crippen molar-refractivity contribution >= 4 is 17.6 Å². The predicted octanol–water partition coefficient (Wildman–Crippen LogP) is 2.52. The minimum absolute atomic E-state index is 0.106. The predicted molar refractivity (Wildman–Crippen MR) is 94.6 cm³/mol. The maximum atomic E-state index is 12.3. The van der Waals surface area contributed by atoms with Gasteiger partial charge in [0.15, 0.2) is 5.78 Å². The molecule has 144 valence electrons. The Balaban J connectivity index is 2.54. The van der Waals surface area contributed by atoms with Gasteiger partial charge in [0, 0.05) is 23.4 Å². The Morgan fingerprint density at radius 1 is 1.30 bits per heavy atom. The van der Waals surface area contributed by atoms with E-state index in [2.05, 4.69) is 5.32 Å². The summed E-state index contributed by atoms with van der Waals surface area (Å²) in [5.74, 6) is -0.978. The fourth-order valence-electron chi connectivity index (χ4n) is 2.96. The molecule has 1 aliphatic heterocycles. The number of ketones is 1. The third-order valence-electron chi connectivity index (χ3n) is 4.00. The van der Waals surface area contributed by atoms with E-state index in [0.717, 1.165) is 0 Å². The van der Waals surface area contributed by atoms with Crippen molar-refractivity contribution in [2.45, 2.75) is 26.7 Å². The fourth-order valence-corrected chi connectivity index (χ4v) is 2.96. The molecule has 0 amide bonds. The zero-order valence-electron chi connectivity index (χ0n) is 15.1. The third kappa shape index (κ3) is 4.50. The number of hydrogen-bond acceptors (Lipinski definition) is 8. The smallest absolute Gasteiger partial charge is 0.432 e. The van der Waals surface area contributed by atoms with Crippen LogP contribution in [0.4, 0.5) is 10.5 Å². The number of aliphatic hydroxyl groups excluding tert-OH is 1. The summed E-state index contributed by atoms with van der Waals surface area (Å²) in [6.45, 7) is 4.12. The second-order valence-electron chi connectivity index (χ2n) is 5.92. The number of carbonyl (C=O) groups is 2. The van der Waals surface area contributed by atoms with Crippen molar-refractivity contribution in [2.75, 3.05) is 13.2 Å². The zero-order valence-corrected chi connectivity index (χ0v) is 15.1. The molecular weight excluding hydrogens is 356 g/mol. The van der Waals surface area contributed by atoms with Crippen molar-refractivity contribution < 1.29 is 29.1 Å². The van der Waals surface area contributed by atoms with E-state index < -0.39 is 17.0 Å². The van der Waals surface area contributed by atoms with Gasteiger partial charge in [0.05, 0.1) is 23.1 Å². The number of allylic oxidation sites excluding steroid dienone is 3. The average molecular weight is 376 g/mol. The van der Waals surface area contributed by atoms with Gasteiger partial charge < -0.3 is 19.9 Å². The molecule has 0 spiro atoms. The molecule has 9 nitrogen and oxygen atoms in total. The molecule has 1 aromatic rings. The number of ether oxygens (including phenoxy) is 2. The quantitative estimate of drug-likeness (QED) is 0.440. The topological polar surface area (TPSA) is 128 Å². The maximum Gasteiger partial charge on any atom is 0.513 e. The first-order valence-corrected chi connectivity index (χ1v) is 8.15. The lowest BCUT2D eigenvalue weighted by atomic mass is 9.83. The molecule has 1 aromatic carbocycles. The van der Waals surface area contributed by atoms with E-state index >= 15 is 0 Å². The Hall–Kier alpha value is -3.20. The lowest BCUT2D eigenvalue weighted by Crippen LogP contribution is -2.29. The first-order chi connectivity index (χ1) is 12.8. The van der Waals surface area contributed by atoms with E-state index in [1.807, 2.05) is 0 Å². The molecule has 2 N–H and O–H groups in total. The first-order valence-electron chi connectivity index (χ1n) is 8.15. The van der Waals surface area contributed by atoms with Gasteiger partial charge in [-0.15, -0.1) is 0 Å². The number of aliphatic hydroxyl groups is 1. The van der Waals surface area contributed by atoms with Crippen LogP contribution < -0.4 is 5.32 Å². The lowest BCUT2D eigenvalue weighted by Gasteiger charge is -2.30. The van der Waals surface area contributed by atoms with Gasteiger partial charge in [-0.05, 0) is 26.3 Å². The van der Waals surface area contributed by atoms with E-state index in [-0.39, 0.29) is 30.4 Å². The molecule has 0 radical (unpaired) electrons. The highest BCUT2D eigenvalue weighted by atomic mass is 16.7. The van der Waals surface area contributed by atoms with Crippen LogP contribution in [0.15, 0.2) is 47.0 Å². The number of carbonyl (C=O) groups excluding carboxylic acids is 2. The Morgan fingerprint density at radius 3 is 2.59 bits per heavy atom. The maximum absolute atomic E-state index is 12.3. The SMILES string of the molecule is CC(=O)C1=C(C)NC(C)=C(OC(=O)OCCO)C1c1cccc([N+](=O)[O-])c1. The number of nitro groups is 1. The minimum atomic E-state index is -1.04. The number of nitrogens with one attached hydrogen (secondary N) is 1. The van der Waals surface area contributed by atoms with Crippen LogP contribution in [0.3, 0.4) is 0 Å². The van der Waals surface area contributed by atoms with Gasteiger partial charge in [0.25, 0.3) is 5.69 Å². The van der Waals surface area contributed by atoms with Gasteiger partial charge in [-0.2, -0.15) is 0 Å². The van der Waals surface area contributed by atoms with E-state index in [9.17, 15) is 19.7 Å². The number of rotatable bonds is 6. The van der Waals surface area contributed by atoms with Crippen molar-refractivity contribution in [1.29, 1.82) is 0 Å². The molecule has 0 saturated heterocycles. The summed E-state index contributed by atoms with van der Waals surface area (Å²) < 4.78 is 10.0. The number of Topliss-reactive ketones (excluding diaryl/α,β-unsaturated/α-hetero) is 1. The molecular formula is C18H20N2O7. The van der Waals surface area contributed by atoms with Crippen LogP contribution in [0.1, 0.15) is 32.3 Å². The van der Waals surface area contributed by atoms with Gasteiger partial charge >= 0.3 is 6.16 Å². The van der Waals surface area contributed by atoms with Gasteiger partial charge in [-0.1, -0.05) is 12.1 Å². The molecule has 0 fully saturated rings. The highest BCUT2D eigenvalue weighted by Gasteiger charge is 2.35. The first kappa shape index (κ1) is 20.1. The summed E-state index contributed by atoms with van der Waals surface area (Å²) in [6, 6.07) is 5.79. The molecule has 2 rings (SSSR count).